The van der Waals surface area contributed by atoms with Crippen LogP contribution in [0.15, 0.2) is 18.3 Å². The topological polar surface area (TPSA) is 35.4 Å². The van der Waals surface area contributed by atoms with Gasteiger partial charge >= 0.3 is 0 Å². The van der Waals surface area contributed by atoms with Crippen molar-refractivity contribution in [2.24, 2.45) is 0 Å². The third-order valence-electron chi connectivity index (χ3n) is 2.60. The van der Waals surface area contributed by atoms with Crippen LogP contribution in [0.3, 0.4) is 0 Å². The molecule has 0 aromatic carbocycles. The van der Waals surface area contributed by atoms with Gasteiger partial charge in [-0.05, 0) is 25.5 Å². The zero-order valence-electron chi connectivity index (χ0n) is 10.9. The van der Waals surface area contributed by atoms with Crippen LogP contribution in [-0.2, 0) is 22.6 Å². The standard InChI is InChI=1S/C13H24N2O2/c1-3-17-10-5-9-15-8-4-6-13(15)12-14-7-11-16-2/h4,6,8,14H,3,5,7,9-12H2,1-2H3. The smallest absolute Gasteiger partial charge is 0.0587 e. The molecule has 0 spiro atoms. The van der Waals surface area contributed by atoms with Gasteiger partial charge in [0.15, 0.2) is 0 Å². The lowest BCUT2D eigenvalue weighted by Crippen LogP contribution is -2.20. The van der Waals surface area contributed by atoms with Crippen LogP contribution < -0.4 is 5.32 Å². The van der Waals surface area contributed by atoms with Crippen molar-refractivity contribution in [3.05, 3.63) is 24.0 Å². The fraction of sp³-hybridized carbons (Fsp3) is 0.692. The number of aryl methyl sites for hydroxylation is 1. The van der Waals surface area contributed by atoms with Gasteiger partial charge in [-0.25, -0.2) is 0 Å². The molecule has 1 aromatic heterocycles. The van der Waals surface area contributed by atoms with Crippen molar-refractivity contribution in [1.82, 2.24) is 9.88 Å². The number of nitrogens with zero attached hydrogens (tertiary/aromatic N) is 1. The number of ether oxygens (including phenoxy) is 2. The number of methoxy groups -OCH3 is 1. The van der Waals surface area contributed by atoms with Gasteiger partial charge in [0.25, 0.3) is 0 Å². The van der Waals surface area contributed by atoms with Crippen LogP contribution in [0.5, 0.6) is 0 Å². The molecule has 0 bridgehead atoms. The minimum absolute atomic E-state index is 0.755. The minimum atomic E-state index is 0.755. The Kier molecular flexibility index (Phi) is 7.71. The minimum Gasteiger partial charge on any atom is -0.383 e. The number of hydrogen-bond donors (Lipinski definition) is 1. The van der Waals surface area contributed by atoms with Gasteiger partial charge < -0.3 is 19.4 Å². The van der Waals surface area contributed by atoms with Crippen LogP contribution in [0.4, 0.5) is 0 Å². The highest BCUT2D eigenvalue weighted by molar-refractivity contribution is 5.06. The summed E-state index contributed by atoms with van der Waals surface area (Å²) in [7, 11) is 1.72. The fourth-order valence-corrected chi connectivity index (χ4v) is 1.70. The van der Waals surface area contributed by atoms with Crippen LogP contribution in [0, 0.1) is 0 Å². The number of rotatable bonds is 10. The Bertz CT molecular complexity index is 260. The first kappa shape index (κ1) is 14.2. The molecule has 0 aliphatic carbocycles. The van der Waals surface area contributed by atoms with Crippen LogP contribution in [0.25, 0.3) is 0 Å². The molecule has 98 valence electrons. The zero-order valence-corrected chi connectivity index (χ0v) is 10.9. The van der Waals surface area contributed by atoms with Gasteiger partial charge in [-0.3, -0.25) is 0 Å². The molecule has 0 atom stereocenters. The Hall–Kier alpha value is -0.840. The molecule has 0 radical (unpaired) electrons. The lowest BCUT2D eigenvalue weighted by atomic mass is 10.4. The van der Waals surface area contributed by atoms with Gasteiger partial charge in [0.05, 0.1) is 6.61 Å². The molecular weight excluding hydrogens is 216 g/mol. The Morgan fingerprint density at radius 3 is 3.00 bits per heavy atom. The van der Waals surface area contributed by atoms with Crippen molar-refractivity contribution >= 4 is 0 Å². The summed E-state index contributed by atoms with van der Waals surface area (Å²) in [6.45, 7) is 7.23. The van der Waals surface area contributed by atoms with Crippen molar-refractivity contribution in [2.45, 2.75) is 26.4 Å². The van der Waals surface area contributed by atoms with E-state index in [1.54, 1.807) is 7.11 Å². The van der Waals surface area contributed by atoms with E-state index in [0.29, 0.717) is 0 Å². The van der Waals surface area contributed by atoms with Gasteiger partial charge in [-0.2, -0.15) is 0 Å². The van der Waals surface area contributed by atoms with Gasteiger partial charge in [0.2, 0.25) is 0 Å². The number of hydrogen-bond acceptors (Lipinski definition) is 3. The largest absolute Gasteiger partial charge is 0.383 e. The quantitative estimate of drug-likeness (QED) is 0.632. The zero-order chi connectivity index (χ0) is 12.3. The van der Waals surface area contributed by atoms with Crippen molar-refractivity contribution in [3.63, 3.8) is 0 Å². The Morgan fingerprint density at radius 1 is 1.35 bits per heavy atom. The molecule has 0 aliphatic heterocycles. The first-order chi connectivity index (χ1) is 8.38. The lowest BCUT2D eigenvalue weighted by molar-refractivity contribution is 0.141. The Balaban J connectivity index is 2.22. The molecule has 0 saturated carbocycles. The van der Waals surface area contributed by atoms with Crippen LogP contribution in [0.2, 0.25) is 0 Å². The summed E-state index contributed by atoms with van der Waals surface area (Å²) >= 11 is 0. The summed E-state index contributed by atoms with van der Waals surface area (Å²) in [6.07, 6.45) is 3.19. The molecule has 0 aliphatic rings. The number of nitrogens with one attached hydrogen (secondary N) is 1. The molecule has 17 heavy (non-hydrogen) atoms. The van der Waals surface area contributed by atoms with Gasteiger partial charge in [-0.1, -0.05) is 0 Å². The van der Waals surface area contributed by atoms with E-state index in [4.69, 9.17) is 9.47 Å². The fourth-order valence-electron chi connectivity index (χ4n) is 1.70. The van der Waals surface area contributed by atoms with Gasteiger partial charge in [0.1, 0.15) is 0 Å². The molecule has 4 nitrogen and oxygen atoms in total. The first-order valence-electron chi connectivity index (χ1n) is 6.30. The summed E-state index contributed by atoms with van der Waals surface area (Å²) in [5.41, 5.74) is 1.32. The lowest BCUT2D eigenvalue weighted by Gasteiger charge is -2.10. The first-order valence-corrected chi connectivity index (χ1v) is 6.30. The van der Waals surface area contributed by atoms with E-state index in [2.05, 4.69) is 28.2 Å². The maximum Gasteiger partial charge on any atom is 0.0587 e. The van der Waals surface area contributed by atoms with Crippen molar-refractivity contribution < 1.29 is 9.47 Å². The maximum atomic E-state index is 5.34. The van der Waals surface area contributed by atoms with Crippen LogP contribution in [-0.4, -0.2) is 38.0 Å². The third-order valence-corrected chi connectivity index (χ3v) is 2.60. The Morgan fingerprint density at radius 2 is 2.24 bits per heavy atom. The SMILES string of the molecule is CCOCCCn1cccc1CNCCOC. The van der Waals surface area contributed by atoms with Gasteiger partial charge in [-0.15, -0.1) is 0 Å². The van der Waals surface area contributed by atoms with E-state index in [-0.39, 0.29) is 0 Å². The summed E-state index contributed by atoms with van der Waals surface area (Å²) in [6, 6.07) is 4.24. The summed E-state index contributed by atoms with van der Waals surface area (Å²) in [4.78, 5) is 0. The predicted octanol–water partition coefficient (Wildman–Crippen LogP) is 1.65. The molecule has 0 unspecified atom stereocenters. The van der Waals surface area contributed by atoms with E-state index in [0.717, 1.165) is 45.9 Å². The van der Waals surface area contributed by atoms with E-state index in [1.165, 1.54) is 5.69 Å². The molecule has 4 heteroatoms. The highest BCUT2D eigenvalue weighted by atomic mass is 16.5. The van der Waals surface area contributed by atoms with Crippen molar-refractivity contribution in [1.29, 1.82) is 0 Å². The highest BCUT2D eigenvalue weighted by Crippen LogP contribution is 2.03. The number of aromatic nitrogens is 1. The average Bonchev–Trinajstić information content (AvgIpc) is 2.78. The molecule has 1 rings (SSSR count). The van der Waals surface area contributed by atoms with E-state index in [1.807, 2.05) is 6.92 Å². The average molecular weight is 240 g/mol. The predicted molar refractivity (Wildman–Crippen MR) is 69.1 cm³/mol. The molecular formula is C13H24N2O2. The monoisotopic (exact) mass is 240 g/mol. The molecule has 1 aromatic rings. The molecule has 0 saturated heterocycles. The highest BCUT2D eigenvalue weighted by Gasteiger charge is 2.00. The van der Waals surface area contributed by atoms with E-state index in [9.17, 15) is 0 Å². The van der Waals surface area contributed by atoms with E-state index >= 15 is 0 Å². The molecule has 0 amide bonds. The second-order valence-corrected chi connectivity index (χ2v) is 3.91. The van der Waals surface area contributed by atoms with E-state index < -0.39 is 0 Å². The normalized spacial score (nSPS) is 10.9. The Labute approximate surface area is 104 Å². The summed E-state index contributed by atoms with van der Waals surface area (Å²) in [5, 5.41) is 3.35. The third kappa shape index (κ3) is 5.86. The van der Waals surface area contributed by atoms with Crippen molar-refractivity contribution in [3.8, 4) is 0 Å². The van der Waals surface area contributed by atoms with Crippen LogP contribution in [0.1, 0.15) is 19.0 Å². The molecule has 1 N–H and O–H groups in total. The second-order valence-electron chi connectivity index (χ2n) is 3.91. The van der Waals surface area contributed by atoms with Gasteiger partial charge in [0, 0.05) is 51.8 Å². The summed E-state index contributed by atoms with van der Waals surface area (Å²) < 4.78 is 12.6. The van der Waals surface area contributed by atoms with Crippen molar-refractivity contribution in [2.75, 3.05) is 33.5 Å². The molecule has 0 fully saturated rings. The second kappa shape index (κ2) is 9.22. The molecule has 1 heterocycles. The van der Waals surface area contributed by atoms with Crippen LogP contribution >= 0.6 is 0 Å². The maximum absolute atomic E-state index is 5.34. The summed E-state index contributed by atoms with van der Waals surface area (Å²) in [5.74, 6) is 0.